The van der Waals surface area contributed by atoms with Crippen molar-refractivity contribution in [3.05, 3.63) is 22.4 Å². The molecule has 2 N–H and O–H groups in total. The third-order valence-corrected chi connectivity index (χ3v) is 4.97. The fourth-order valence-electron chi connectivity index (χ4n) is 3.07. The molecule has 0 radical (unpaired) electrons. The van der Waals surface area contributed by atoms with Crippen molar-refractivity contribution in [2.24, 2.45) is 11.8 Å². The highest BCUT2D eigenvalue weighted by Gasteiger charge is 2.39. The normalized spacial score (nSPS) is 30.6. The quantitative estimate of drug-likeness (QED) is 0.879. The molecular weight excluding hydrogens is 260 g/mol. The summed E-state index contributed by atoms with van der Waals surface area (Å²) in [6.07, 6.45) is 2.14. The van der Waals surface area contributed by atoms with Crippen LogP contribution in [-0.2, 0) is 16.1 Å². The summed E-state index contributed by atoms with van der Waals surface area (Å²) >= 11 is 1.68. The molecule has 1 aromatic heterocycles. The van der Waals surface area contributed by atoms with E-state index in [1.54, 1.807) is 11.3 Å². The number of hydrogen-bond donors (Lipinski definition) is 2. The number of amides is 1. The number of fused-ring (bicyclic) bond motifs is 1. The monoisotopic (exact) mass is 280 g/mol. The third kappa shape index (κ3) is 2.99. The van der Waals surface area contributed by atoms with E-state index < -0.39 is 0 Å². The number of nitrogens with one attached hydrogen (secondary N) is 2. The lowest BCUT2D eigenvalue weighted by Gasteiger charge is -2.40. The Morgan fingerprint density at radius 3 is 3.32 bits per heavy atom. The van der Waals surface area contributed by atoms with Gasteiger partial charge in [-0.2, -0.15) is 0 Å². The van der Waals surface area contributed by atoms with E-state index in [4.69, 9.17) is 4.74 Å². The van der Waals surface area contributed by atoms with Crippen molar-refractivity contribution in [1.29, 1.82) is 0 Å². The Balaban J connectivity index is 1.58. The van der Waals surface area contributed by atoms with Crippen LogP contribution in [0, 0.1) is 11.8 Å². The van der Waals surface area contributed by atoms with Gasteiger partial charge in [0.15, 0.2) is 0 Å². The van der Waals surface area contributed by atoms with Crippen LogP contribution in [0.3, 0.4) is 0 Å². The SMILES string of the molecule is O=C(NCc1cccs1)[C@@H]1CCO[C@@H]2CCNC[C@@H]21. The lowest BCUT2D eigenvalue weighted by molar-refractivity contribution is -0.137. The molecule has 0 unspecified atom stereocenters. The van der Waals surface area contributed by atoms with Crippen molar-refractivity contribution in [3.63, 3.8) is 0 Å². The first kappa shape index (κ1) is 13.1. The summed E-state index contributed by atoms with van der Waals surface area (Å²) in [5, 5.41) is 8.50. The molecule has 0 saturated carbocycles. The molecule has 4 nitrogen and oxygen atoms in total. The highest BCUT2D eigenvalue weighted by atomic mass is 32.1. The number of carbonyl (C=O) groups excluding carboxylic acids is 1. The molecule has 0 aromatic carbocycles. The van der Waals surface area contributed by atoms with Gasteiger partial charge in [-0.3, -0.25) is 4.79 Å². The van der Waals surface area contributed by atoms with E-state index >= 15 is 0 Å². The Morgan fingerprint density at radius 1 is 1.53 bits per heavy atom. The standard InChI is InChI=1S/C14H20N2O2S/c17-14(16-8-10-2-1-7-19-10)11-4-6-18-13-3-5-15-9-12(11)13/h1-2,7,11-13,15H,3-6,8-9H2,(H,16,17)/t11-,12-,13-/m1/s1. The molecule has 3 atom stereocenters. The Kier molecular flexibility index (Phi) is 4.15. The molecule has 5 heteroatoms. The molecule has 19 heavy (non-hydrogen) atoms. The van der Waals surface area contributed by atoms with Gasteiger partial charge in [0, 0.05) is 29.9 Å². The predicted molar refractivity (Wildman–Crippen MR) is 75.0 cm³/mol. The molecular formula is C14H20N2O2S. The Labute approximate surface area is 117 Å². The molecule has 2 fully saturated rings. The van der Waals surface area contributed by atoms with E-state index in [0.29, 0.717) is 12.5 Å². The molecule has 1 aromatic rings. The Bertz CT molecular complexity index is 419. The maximum atomic E-state index is 12.4. The van der Waals surface area contributed by atoms with Crippen molar-refractivity contribution >= 4 is 17.2 Å². The van der Waals surface area contributed by atoms with Gasteiger partial charge in [0.2, 0.25) is 5.91 Å². The first-order chi connectivity index (χ1) is 9.34. The molecule has 0 aliphatic carbocycles. The minimum absolute atomic E-state index is 0.103. The van der Waals surface area contributed by atoms with Crippen LogP contribution in [0.25, 0.3) is 0 Å². The lowest BCUT2D eigenvalue weighted by atomic mass is 9.79. The second-order valence-corrected chi connectivity index (χ2v) is 6.29. The van der Waals surface area contributed by atoms with E-state index in [2.05, 4.69) is 16.7 Å². The minimum Gasteiger partial charge on any atom is -0.378 e. The van der Waals surface area contributed by atoms with E-state index in [1.807, 2.05) is 11.4 Å². The topological polar surface area (TPSA) is 50.4 Å². The van der Waals surface area contributed by atoms with Gasteiger partial charge in [0.1, 0.15) is 0 Å². The number of rotatable bonds is 3. The van der Waals surface area contributed by atoms with Gasteiger partial charge in [-0.15, -0.1) is 11.3 Å². The van der Waals surface area contributed by atoms with E-state index in [9.17, 15) is 4.79 Å². The molecule has 3 heterocycles. The molecule has 3 rings (SSSR count). The Hall–Kier alpha value is -0.910. The number of hydrogen-bond acceptors (Lipinski definition) is 4. The molecule has 1 amide bonds. The summed E-state index contributed by atoms with van der Waals surface area (Å²) in [6, 6.07) is 4.07. The number of thiophene rings is 1. The van der Waals surface area contributed by atoms with Gasteiger partial charge in [0.05, 0.1) is 12.6 Å². The first-order valence-electron chi connectivity index (χ1n) is 6.97. The van der Waals surface area contributed by atoms with Crippen LogP contribution in [0.4, 0.5) is 0 Å². The lowest BCUT2D eigenvalue weighted by Crippen LogP contribution is -2.52. The van der Waals surface area contributed by atoms with Gasteiger partial charge in [-0.1, -0.05) is 6.07 Å². The number of carbonyl (C=O) groups is 1. The van der Waals surface area contributed by atoms with Crippen molar-refractivity contribution in [3.8, 4) is 0 Å². The molecule has 0 spiro atoms. The maximum absolute atomic E-state index is 12.4. The Morgan fingerprint density at radius 2 is 2.47 bits per heavy atom. The molecule has 0 bridgehead atoms. The largest absolute Gasteiger partial charge is 0.378 e. The van der Waals surface area contributed by atoms with Crippen molar-refractivity contribution < 1.29 is 9.53 Å². The van der Waals surface area contributed by atoms with Crippen LogP contribution < -0.4 is 10.6 Å². The predicted octanol–water partition coefficient (Wildman–Crippen LogP) is 1.38. The summed E-state index contributed by atoms with van der Waals surface area (Å²) in [5.74, 6) is 0.632. The van der Waals surface area contributed by atoms with Gasteiger partial charge in [-0.25, -0.2) is 0 Å². The summed E-state index contributed by atoms with van der Waals surface area (Å²) in [4.78, 5) is 13.6. The average molecular weight is 280 g/mol. The van der Waals surface area contributed by atoms with Crippen molar-refractivity contribution in [2.75, 3.05) is 19.7 Å². The van der Waals surface area contributed by atoms with E-state index in [-0.39, 0.29) is 17.9 Å². The molecule has 2 aliphatic rings. The van der Waals surface area contributed by atoms with Crippen molar-refractivity contribution in [1.82, 2.24) is 10.6 Å². The zero-order chi connectivity index (χ0) is 13.1. The maximum Gasteiger partial charge on any atom is 0.223 e. The van der Waals surface area contributed by atoms with E-state index in [1.165, 1.54) is 4.88 Å². The van der Waals surface area contributed by atoms with Crippen molar-refractivity contribution in [2.45, 2.75) is 25.5 Å². The van der Waals surface area contributed by atoms with Gasteiger partial charge < -0.3 is 15.4 Å². The molecule has 2 saturated heterocycles. The summed E-state index contributed by atoms with van der Waals surface area (Å²) in [6.45, 7) is 3.28. The fourth-order valence-corrected chi connectivity index (χ4v) is 3.72. The second-order valence-electron chi connectivity index (χ2n) is 5.26. The smallest absolute Gasteiger partial charge is 0.223 e. The molecule has 2 aliphatic heterocycles. The van der Waals surface area contributed by atoms with Crippen LogP contribution >= 0.6 is 11.3 Å². The summed E-state index contributed by atoms with van der Waals surface area (Å²) in [7, 11) is 0. The van der Waals surface area contributed by atoms with Gasteiger partial charge >= 0.3 is 0 Å². The minimum atomic E-state index is 0.103. The van der Waals surface area contributed by atoms with Gasteiger partial charge in [-0.05, 0) is 30.8 Å². The number of piperidine rings is 1. The number of ether oxygens (including phenoxy) is 1. The highest BCUT2D eigenvalue weighted by molar-refractivity contribution is 7.09. The first-order valence-corrected chi connectivity index (χ1v) is 7.85. The van der Waals surface area contributed by atoms with Crippen LogP contribution in [0.15, 0.2) is 17.5 Å². The summed E-state index contributed by atoms with van der Waals surface area (Å²) < 4.78 is 5.79. The zero-order valence-corrected chi connectivity index (χ0v) is 11.7. The van der Waals surface area contributed by atoms with Crippen LogP contribution in [0.2, 0.25) is 0 Å². The zero-order valence-electron chi connectivity index (χ0n) is 10.9. The van der Waals surface area contributed by atoms with Crippen LogP contribution in [0.5, 0.6) is 0 Å². The summed E-state index contributed by atoms with van der Waals surface area (Å²) in [5.41, 5.74) is 0. The van der Waals surface area contributed by atoms with Gasteiger partial charge in [0.25, 0.3) is 0 Å². The van der Waals surface area contributed by atoms with Crippen LogP contribution in [-0.4, -0.2) is 31.7 Å². The average Bonchev–Trinajstić information content (AvgIpc) is 2.97. The highest BCUT2D eigenvalue weighted by Crippen LogP contribution is 2.30. The third-order valence-electron chi connectivity index (χ3n) is 4.09. The fraction of sp³-hybridized carbons (Fsp3) is 0.643. The van der Waals surface area contributed by atoms with Crippen LogP contribution in [0.1, 0.15) is 17.7 Å². The van der Waals surface area contributed by atoms with E-state index in [0.717, 1.165) is 32.5 Å². The second kappa shape index (κ2) is 6.03. The molecule has 104 valence electrons.